The molecule has 0 unspecified atom stereocenters. The second-order valence-corrected chi connectivity index (χ2v) is 9.49. The van der Waals surface area contributed by atoms with E-state index in [1.165, 1.54) is 41.7 Å². The number of carbonyl (C=O) groups excluding carboxylic acids is 1. The number of hydrogen-bond acceptors (Lipinski definition) is 9. The molecular weight excluding hydrogens is 473 g/mol. The molecule has 0 aliphatic carbocycles. The molecule has 0 spiro atoms. The van der Waals surface area contributed by atoms with Gasteiger partial charge in [0.05, 0.1) is 33.6 Å². The van der Waals surface area contributed by atoms with E-state index >= 15 is 0 Å². The van der Waals surface area contributed by atoms with Crippen LogP contribution < -0.4 is 9.74 Å². The third-order valence-electron chi connectivity index (χ3n) is 4.39. The van der Waals surface area contributed by atoms with Gasteiger partial charge in [-0.1, -0.05) is 0 Å². The Labute approximate surface area is 191 Å². The largest absolute Gasteiger partial charge is 0.461 e. The van der Waals surface area contributed by atoms with Gasteiger partial charge >= 0.3 is 16.1 Å². The van der Waals surface area contributed by atoms with Crippen molar-refractivity contribution in [3.05, 3.63) is 75.4 Å². The number of ether oxygens (including phenoxy) is 1. The second-order valence-electron chi connectivity index (χ2n) is 6.70. The standard InChI is InChI=1S/C21H16FN3O6S2/c1-3-30-21(27)20-17(11-19(26)25(24-20)14-6-4-13(22)5-7-14)31-33(28,29)15-8-9-16-18(10-15)32-12(2)23-16/h4-11H,3H2,1-2H3. The van der Waals surface area contributed by atoms with Crippen LogP contribution in [-0.2, 0) is 14.9 Å². The number of esters is 1. The molecule has 0 N–H and O–H groups in total. The van der Waals surface area contributed by atoms with Crippen molar-refractivity contribution in [1.82, 2.24) is 14.8 Å². The van der Waals surface area contributed by atoms with Crippen molar-refractivity contribution in [2.24, 2.45) is 0 Å². The molecule has 0 aliphatic rings. The zero-order chi connectivity index (χ0) is 23.8. The molecule has 2 aromatic heterocycles. The maximum absolute atomic E-state index is 13.2. The van der Waals surface area contributed by atoms with Crippen molar-refractivity contribution in [3.63, 3.8) is 0 Å². The lowest BCUT2D eigenvalue weighted by molar-refractivity contribution is 0.0515. The van der Waals surface area contributed by atoms with Crippen LogP contribution in [0.1, 0.15) is 22.4 Å². The quantitative estimate of drug-likeness (QED) is 0.299. The Kier molecular flexibility index (Phi) is 5.95. The zero-order valence-electron chi connectivity index (χ0n) is 17.3. The molecule has 12 heteroatoms. The molecule has 170 valence electrons. The third kappa shape index (κ3) is 4.61. The number of benzene rings is 2. The first-order chi connectivity index (χ1) is 15.7. The van der Waals surface area contributed by atoms with E-state index in [1.807, 2.05) is 0 Å². The van der Waals surface area contributed by atoms with Gasteiger partial charge in [0.15, 0.2) is 5.75 Å². The van der Waals surface area contributed by atoms with Crippen LogP contribution in [0.25, 0.3) is 15.9 Å². The fourth-order valence-corrected chi connectivity index (χ4v) is 4.85. The highest BCUT2D eigenvalue weighted by Crippen LogP contribution is 2.27. The average Bonchev–Trinajstić information content (AvgIpc) is 3.14. The molecule has 9 nitrogen and oxygen atoms in total. The lowest BCUT2D eigenvalue weighted by Gasteiger charge is -2.12. The van der Waals surface area contributed by atoms with Gasteiger partial charge in [0.25, 0.3) is 5.56 Å². The van der Waals surface area contributed by atoms with Crippen LogP contribution >= 0.6 is 11.3 Å². The number of halogens is 1. The van der Waals surface area contributed by atoms with Gasteiger partial charge in [-0.25, -0.2) is 14.2 Å². The summed E-state index contributed by atoms with van der Waals surface area (Å²) in [4.78, 5) is 29.2. The molecule has 0 radical (unpaired) electrons. The molecule has 0 aliphatic heterocycles. The minimum atomic E-state index is -4.43. The maximum atomic E-state index is 13.2. The van der Waals surface area contributed by atoms with Crippen LogP contribution in [0.2, 0.25) is 0 Å². The molecule has 4 aromatic rings. The van der Waals surface area contributed by atoms with Gasteiger partial charge < -0.3 is 8.92 Å². The van der Waals surface area contributed by atoms with Gasteiger partial charge in [0, 0.05) is 0 Å². The number of rotatable bonds is 6. The normalized spacial score (nSPS) is 11.5. The summed E-state index contributed by atoms with van der Waals surface area (Å²) in [5.41, 5.74) is -0.535. The minimum Gasteiger partial charge on any atom is -0.461 e. The Morgan fingerprint density at radius 1 is 1.15 bits per heavy atom. The topological polar surface area (TPSA) is 117 Å². The van der Waals surface area contributed by atoms with Gasteiger partial charge in [-0.15, -0.1) is 11.3 Å². The SMILES string of the molecule is CCOC(=O)c1nn(-c2ccc(F)cc2)c(=O)cc1OS(=O)(=O)c1ccc2nc(C)sc2c1. The Bertz CT molecular complexity index is 1530. The molecule has 2 aromatic carbocycles. The Balaban J connectivity index is 1.79. The summed E-state index contributed by atoms with van der Waals surface area (Å²) in [6.45, 7) is 3.32. The van der Waals surface area contributed by atoms with Crippen LogP contribution in [0.3, 0.4) is 0 Å². The highest BCUT2D eigenvalue weighted by molar-refractivity contribution is 7.87. The smallest absolute Gasteiger partial charge is 0.362 e. The van der Waals surface area contributed by atoms with E-state index in [4.69, 9.17) is 8.92 Å². The van der Waals surface area contributed by atoms with Crippen molar-refractivity contribution in [2.75, 3.05) is 6.61 Å². The summed E-state index contributed by atoms with van der Waals surface area (Å²) in [5, 5.41) is 4.69. The first kappa shape index (κ1) is 22.6. The molecular formula is C21H16FN3O6S2. The predicted octanol–water partition coefficient (Wildman–Crippen LogP) is 3.23. The Hall–Kier alpha value is -3.64. The molecule has 0 bridgehead atoms. The lowest BCUT2D eigenvalue weighted by atomic mass is 10.3. The number of aromatic nitrogens is 3. The van der Waals surface area contributed by atoms with Crippen molar-refractivity contribution >= 4 is 37.6 Å². The molecule has 0 fully saturated rings. The number of hydrogen-bond donors (Lipinski definition) is 0. The Morgan fingerprint density at radius 2 is 1.88 bits per heavy atom. The van der Waals surface area contributed by atoms with Crippen LogP contribution in [0.5, 0.6) is 5.75 Å². The second kappa shape index (κ2) is 8.71. The monoisotopic (exact) mass is 489 g/mol. The minimum absolute atomic E-state index is 0.0240. The molecule has 0 amide bonds. The number of thiazole rings is 1. The number of nitrogens with zero attached hydrogens (tertiary/aromatic N) is 3. The molecule has 2 heterocycles. The van der Waals surface area contributed by atoms with Gasteiger partial charge in [-0.05, 0) is 56.3 Å². The lowest BCUT2D eigenvalue weighted by Crippen LogP contribution is -2.26. The summed E-state index contributed by atoms with van der Waals surface area (Å²) in [6.07, 6.45) is 0. The van der Waals surface area contributed by atoms with Gasteiger partial charge in [-0.2, -0.15) is 18.2 Å². The molecule has 0 saturated carbocycles. The average molecular weight is 490 g/mol. The van der Waals surface area contributed by atoms with E-state index in [-0.39, 0.29) is 17.2 Å². The summed E-state index contributed by atoms with van der Waals surface area (Å²) >= 11 is 1.31. The molecule has 33 heavy (non-hydrogen) atoms. The first-order valence-corrected chi connectivity index (χ1v) is 11.8. The van der Waals surface area contributed by atoms with Gasteiger partial charge in [-0.3, -0.25) is 4.79 Å². The number of carbonyl (C=O) groups is 1. The van der Waals surface area contributed by atoms with Crippen molar-refractivity contribution in [1.29, 1.82) is 0 Å². The van der Waals surface area contributed by atoms with Crippen LogP contribution in [0, 0.1) is 12.7 Å². The summed E-state index contributed by atoms with van der Waals surface area (Å²) in [5.74, 6) is -2.11. The van der Waals surface area contributed by atoms with Gasteiger partial charge in [0.1, 0.15) is 10.7 Å². The summed E-state index contributed by atoms with van der Waals surface area (Å²) in [7, 11) is -4.43. The van der Waals surface area contributed by atoms with E-state index in [1.54, 1.807) is 13.8 Å². The number of aryl methyl sites for hydroxylation is 1. The van der Waals surface area contributed by atoms with Crippen molar-refractivity contribution < 1.29 is 26.5 Å². The maximum Gasteiger partial charge on any atom is 0.362 e. The van der Waals surface area contributed by atoms with E-state index in [2.05, 4.69) is 10.1 Å². The van der Waals surface area contributed by atoms with E-state index in [9.17, 15) is 22.4 Å². The van der Waals surface area contributed by atoms with E-state index in [0.717, 1.165) is 27.9 Å². The predicted molar refractivity (Wildman–Crippen MR) is 118 cm³/mol. The Morgan fingerprint density at radius 3 is 2.58 bits per heavy atom. The van der Waals surface area contributed by atoms with Crippen LogP contribution in [-0.4, -0.2) is 35.8 Å². The molecule has 0 atom stereocenters. The summed E-state index contributed by atoms with van der Waals surface area (Å²) in [6, 6.07) is 9.84. The molecule has 4 rings (SSSR count). The number of fused-ring (bicyclic) bond motifs is 1. The molecule has 0 saturated heterocycles. The fraction of sp³-hybridized carbons (Fsp3) is 0.143. The summed E-state index contributed by atoms with van der Waals surface area (Å²) < 4.78 is 50.6. The van der Waals surface area contributed by atoms with E-state index < -0.39 is 38.9 Å². The highest BCUT2D eigenvalue weighted by Gasteiger charge is 2.26. The van der Waals surface area contributed by atoms with Crippen molar-refractivity contribution in [2.45, 2.75) is 18.7 Å². The first-order valence-electron chi connectivity index (χ1n) is 9.57. The van der Waals surface area contributed by atoms with E-state index in [0.29, 0.717) is 10.2 Å². The third-order valence-corrected chi connectivity index (χ3v) is 6.56. The van der Waals surface area contributed by atoms with Crippen molar-refractivity contribution in [3.8, 4) is 11.4 Å². The van der Waals surface area contributed by atoms with Crippen LogP contribution in [0.4, 0.5) is 4.39 Å². The van der Waals surface area contributed by atoms with Gasteiger partial charge in [0.2, 0.25) is 5.69 Å². The zero-order valence-corrected chi connectivity index (χ0v) is 18.9. The highest BCUT2D eigenvalue weighted by atomic mass is 32.2. The fourth-order valence-electron chi connectivity index (χ4n) is 2.95. The van der Waals surface area contributed by atoms with Crippen LogP contribution in [0.15, 0.2) is 58.2 Å².